The molecule has 1 aromatic heterocycles. The van der Waals surface area contributed by atoms with Gasteiger partial charge < -0.3 is 10.1 Å². The Balaban J connectivity index is 1.75. The van der Waals surface area contributed by atoms with Crippen molar-refractivity contribution in [3.05, 3.63) is 65.4 Å². The summed E-state index contributed by atoms with van der Waals surface area (Å²) in [5, 5.41) is 9.49. The number of nitrogens with one attached hydrogen (secondary N) is 1. The Hall–Kier alpha value is -3.08. The third-order valence-electron chi connectivity index (χ3n) is 5.74. The number of hydrogen-bond acceptors (Lipinski definition) is 4. The highest BCUT2D eigenvalue weighted by Gasteiger charge is 2.41. The number of fused-ring (bicyclic) bond motifs is 3. The maximum Gasteiger partial charge on any atom is 0.163 e. The molecule has 2 aromatic carbocycles. The molecule has 0 saturated heterocycles. The van der Waals surface area contributed by atoms with Crippen molar-refractivity contribution in [1.29, 1.82) is 0 Å². The average molecular weight is 373 g/mol. The lowest BCUT2D eigenvalue weighted by Crippen LogP contribution is -2.36. The maximum atomic E-state index is 13.2. The minimum atomic E-state index is -0.229. The standard InChI is InChI=1S/C23H23N3O2/c1-23(2)12-18-20(19(27)13-23)21(14-8-10-15(28-3)11-9-14)26-22(24-18)16-6-4-5-7-17(16)25-26/h4-11,21,24H,12-13H2,1-3H3. The first-order valence-electron chi connectivity index (χ1n) is 9.61. The molecule has 2 heterocycles. The largest absolute Gasteiger partial charge is 0.497 e. The second-order valence-corrected chi connectivity index (χ2v) is 8.44. The number of nitrogens with zero attached hydrogens (tertiary/aromatic N) is 2. The van der Waals surface area contributed by atoms with E-state index in [1.165, 1.54) is 0 Å². The Bertz CT molecular complexity index is 1120. The molecule has 5 nitrogen and oxygen atoms in total. The van der Waals surface area contributed by atoms with Gasteiger partial charge in [-0.2, -0.15) is 5.10 Å². The molecule has 0 radical (unpaired) electrons. The summed E-state index contributed by atoms with van der Waals surface area (Å²) in [5.74, 6) is 1.96. The zero-order valence-electron chi connectivity index (χ0n) is 16.3. The molecule has 3 aromatic rings. The van der Waals surface area contributed by atoms with Crippen molar-refractivity contribution >= 4 is 22.5 Å². The molecule has 1 N–H and O–H groups in total. The zero-order chi connectivity index (χ0) is 19.5. The van der Waals surface area contributed by atoms with E-state index in [0.717, 1.165) is 45.7 Å². The smallest absolute Gasteiger partial charge is 0.163 e. The van der Waals surface area contributed by atoms with Crippen LogP contribution in [0.25, 0.3) is 10.9 Å². The molecule has 0 saturated carbocycles. The molecule has 1 atom stereocenters. The van der Waals surface area contributed by atoms with Gasteiger partial charge >= 0.3 is 0 Å². The van der Waals surface area contributed by atoms with Gasteiger partial charge in [0.25, 0.3) is 0 Å². The van der Waals surface area contributed by atoms with Gasteiger partial charge in [-0.15, -0.1) is 0 Å². The fourth-order valence-corrected chi connectivity index (χ4v) is 4.48. The highest BCUT2D eigenvalue weighted by atomic mass is 16.5. The molecule has 0 spiro atoms. The van der Waals surface area contributed by atoms with E-state index < -0.39 is 0 Å². The number of hydrogen-bond donors (Lipinski definition) is 1. The van der Waals surface area contributed by atoms with Gasteiger partial charge in [-0.3, -0.25) is 4.79 Å². The van der Waals surface area contributed by atoms with Gasteiger partial charge in [0.2, 0.25) is 0 Å². The van der Waals surface area contributed by atoms with Crippen molar-refractivity contribution in [1.82, 2.24) is 9.78 Å². The molecule has 2 aliphatic rings. The molecule has 28 heavy (non-hydrogen) atoms. The zero-order valence-corrected chi connectivity index (χ0v) is 16.3. The number of allylic oxidation sites excluding steroid dienone is 2. The van der Waals surface area contributed by atoms with Crippen LogP contribution in [0.15, 0.2) is 59.8 Å². The number of ether oxygens (including phenoxy) is 1. The summed E-state index contributed by atoms with van der Waals surface area (Å²) >= 11 is 0. The van der Waals surface area contributed by atoms with Crippen molar-refractivity contribution in [2.75, 3.05) is 12.4 Å². The summed E-state index contributed by atoms with van der Waals surface area (Å²) in [5.41, 5.74) is 3.78. The van der Waals surface area contributed by atoms with Crippen molar-refractivity contribution in [2.45, 2.75) is 32.7 Å². The first kappa shape index (κ1) is 17.0. The van der Waals surface area contributed by atoms with Gasteiger partial charge in [0, 0.05) is 23.1 Å². The maximum absolute atomic E-state index is 13.2. The summed E-state index contributed by atoms with van der Waals surface area (Å²) in [7, 11) is 1.66. The third-order valence-corrected chi connectivity index (χ3v) is 5.74. The quantitative estimate of drug-likeness (QED) is 0.707. The number of aromatic nitrogens is 2. The van der Waals surface area contributed by atoms with Crippen LogP contribution in [-0.2, 0) is 4.79 Å². The molecule has 1 aliphatic carbocycles. The summed E-state index contributed by atoms with van der Waals surface area (Å²) in [6.45, 7) is 4.31. The molecular weight excluding hydrogens is 350 g/mol. The lowest BCUT2D eigenvalue weighted by Gasteiger charge is -2.39. The predicted molar refractivity (Wildman–Crippen MR) is 110 cm³/mol. The minimum Gasteiger partial charge on any atom is -0.497 e. The lowest BCUT2D eigenvalue weighted by molar-refractivity contribution is -0.118. The minimum absolute atomic E-state index is 0.0502. The summed E-state index contributed by atoms with van der Waals surface area (Å²) in [6.07, 6.45) is 1.40. The molecule has 0 fully saturated rings. The number of benzene rings is 2. The van der Waals surface area contributed by atoms with Crippen LogP contribution in [0, 0.1) is 5.41 Å². The van der Waals surface area contributed by atoms with Gasteiger partial charge in [-0.05, 0) is 41.7 Å². The van der Waals surface area contributed by atoms with Gasteiger partial charge in [-0.1, -0.05) is 38.1 Å². The van der Waals surface area contributed by atoms with Crippen LogP contribution in [-0.4, -0.2) is 22.7 Å². The highest BCUT2D eigenvalue weighted by molar-refractivity contribution is 6.02. The first-order valence-corrected chi connectivity index (χ1v) is 9.61. The molecule has 1 aliphatic heterocycles. The lowest BCUT2D eigenvalue weighted by atomic mass is 9.73. The first-order chi connectivity index (χ1) is 13.5. The van der Waals surface area contributed by atoms with Crippen LogP contribution in [0.3, 0.4) is 0 Å². The van der Waals surface area contributed by atoms with E-state index in [9.17, 15) is 4.79 Å². The number of Topliss-reactive ketones (excluding diaryl/α,β-unsaturated/α-hetero) is 1. The predicted octanol–water partition coefficient (Wildman–Crippen LogP) is 4.70. The van der Waals surface area contributed by atoms with E-state index >= 15 is 0 Å². The van der Waals surface area contributed by atoms with Crippen LogP contribution < -0.4 is 10.1 Å². The summed E-state index contributed by atoms with van der Waals surface area (Å²) < 4.78 is 7.29. The van der Waals surface area contributed by atoms with Gasteiger partial charge in [0.1, 0.15) is 17.6 Å². The number of ketones is 1. The average Bonchev–Trinajstić information content (AvgIpc) is 3.04. The van der Waals surface area contributed by atoms with E-state index in [4.69, 9.17) is 9.84 Å². The Morgan fingerprint density at radius 3 is 2.61 bits per heavy atom. The molecule has 5 rings (SSSR count). The Kier molecular flexibility index (Phi) is 3.63. The summed E-state index contributed by atoms with van der Waals surface area (Å²) in [4.78, 5) is 13.2. The normalized spacial score (nSPS) is 20.5. The second kappa shape index (κ2) is 5.96. The van der Waals surface area contributed by atoms with Crippen LogP contribution in [0.4, 0.5) is 5.82 Å². The Morgan fingerprint density at radius 1 is 1.11 bits per heavy atom. The summed E-state index contributed by atoms with van der Waals surface area (Å²) in [6, 6.07) is 15.8. The third kappa shape index (κ3) is 2.53. The SMILES string of the molecule is COc1ccc(C2C3=C(CC(C)(C)CC3=O)Nc3c4ccccc4nn32)cc1. The van der Waals surface area contributed by atoms with Crippen LogP contribution >= 0.6 is 0 Å². The molecule has 5 heteroatoms. The monoisotopic (exact) mass is 373 g/mol. The van der Waals surface area contributed by atoms with Crippen molar-refractivity contribution in [3.63, 3.8) is 0 Å². The van der Waals surface area contributed by atoms with Crippen molar-refractivity contribution in [3.8, 4) is 5.75 Å². The van der Waals surface area contributed by atoms with Crippen molar-refractivity contribution in [2.24, 2.45) is 5.41 Å². The molecule has 1 unspecified atom stereocenters. The van der Waals surface area contributed by atoms with E-state index in [-0.39, 0.29) is 17.2 Å². The fraction of sp³-hybridized carbons (Fsp3) is 0.304. The molecule has 0 amide bonds. The van der Waals surface area contributed by atoms with E-state index in [0.29, 0.717) is 6.42 Å². The highest BCUT2D eigenvalue weighted by Crippen LogP contribution is 2.47. The number of rotatable bonds is 2. The van der Waals surface area contributed by atoms with E-state index in [1.807, 2.05) is 47.1 Å². The van der Waals surface area contributed by atoms with Crippen molar-refractivity contribution < 1.29 is 9.53 Å². The molecular formula is C23H23N3O2. The fourth-order valence-electron chi connectivity index (χ4n) is 4.48. The number of carbonyl (C=O) groups excluding carboxylic acids is 1. The van der Waals surface area contributed by atoms with Gasteiger partial charge in [0.15, 0.2) is 5.78 Å². The number of carbonyl (C=O) groups is 1. The number of methoxy groups -OCH3 is 1. The number of anilines is 1. The second-order valence-electron chi connectivity index (χ2n) is 8.44. The molecule has 0 bridgehead atoms. The Morgan fingerprint density at radius 2 is 1.86 bits per heavy atom. The van der Waals surface area contributed by atoms with Crippen LogP contribution in [0.5, 0.6) is 5.75 Å². The Labute approximate surface area is 164 Å². The van der Waals surface area contributed by atoms with Crippen LogP contribution in [0.1, 0.15) is 38.3 Å². The van der Waals surface area contributed by atoms with E-state index in [1.54, 1.807) is 7.11 Å². The van der Waals surface area contributed by atoms with E-state index in [2.05, 4.69) is 25.2 Å². The van der Waals surface area contributed by atoms with Gasteiger partial charge in [0.05, 0.1) is 12.6 Å². The topological polar surface area (TPSA) is 56.1 Å². The van der Waals surface area contributed by atoms with Crippen LogP contribution in [0.2, 0.25) is 0 Å². The molecule has 142 valence electrons. The van der Waals surface area contributed by atoms with Gasteiger partial charge in [-0.25, -0.2) is 4.68 Å².